The Morgan fingerprint density at radius 1 is 1.15 bits per heavy atom. The molecule has 1 atom stereocenters. The third-order valence-corrected chi connectivity index (χ3v) is 5.54. The van der Waals surface area contributed by atoms with Crippen LogP contribution in [0.5, 0.6) is 0 Å². The Bertz CT molecular complexity index is 864. The second kappa shape index (κ2) is 6.68. The van der Waals surface area contributed by atoms with Gasteiger partial charge < -0.3 is 4.90 Å². The van der Waals surface area contributed by atoms with Crippen molar-refractivity contribution in [1.29, 1.82) is 0 Å². The standard InChI is InChI=1S/C21H21F3N2O/c1-25-13-18-17(20(25)27)9-14(10-19(18)21(22,23)24)11-26-8-7-16(12-26)15-5-3-2-4-6-15/h2-6,9-10,16H,7-8,11-13H2,1H3. The fourth-order valence-corrected chi connectivity index (χ4v) is 4.18. The van der Waals surface area contributed by atoms with E-state index in [2.05, 4.69) is 17.0 Å². The van der Waals surface area contributed by atoms with Crippen molar-refractivity contribution in [2.75, 3.05) is 20.1 Å². The van der Waals surface area contributed by atoms with Gasteiger partial charge in [0.25, 0.3) is 5.91 Å². The molecular formula is C21H21F3N2O. The molecule has 1 unspecified atom stereocenters. The molecule has 3 nitrogen and oxygen atoms in total. The molecule has 27 heavy (non-hydrogen) atoms. The highest BCUT2D eigenvalue weighted by Gasteiger charge is 2.39. The summed E-state index contributed by atoms with van der Waals surface area (Å²) in [7, 11) is 1.53. The number of hydrogen-bond donors (Lipinski definition) is 0. The first-order valence-corrected chi connectivity index (χ1v) is 9.08. The van der Waals surface area contributed by atoms with Gasteiger partial charge in [0.05, 0.1) is 5.56 Å². The van der Waals surface area contributed by atoms with Gasteiger partial charge in [0.1, 0.15) is 0 Å². The molecule has 2 aliphatic heterocycles. The van der Waals surface area contributed by atoms with E-state index in [0.29, 0.717) is 18.0 Å². The van der Waals surface area contributed by atoms with Crippen molar-refractivity contribution in [3.63, 3.8) is 0 Å². The highest BCUT2D eigenvalue weighted by molar-refractivity contribution is 5.98. The maximum absolute atomic E-state index is 13.5. The highest BCUT2D eigenvalue weighted by Crippen LogP contribution is 2.38. The minimum absolute atomic E-state index is 0.0169. The SMILES string of the molecule is CN1Cc2c(cc(CN3CCC(c4ccccc4)C3)cc2C(F)(F)F)C1=O. The molecule has 2 aromatic rings. The number of carbonyl (C=O) groups is 1. The van der Waals surface area contributed by atoms with E-state index >= 15 is 0 Å². The molecule has 2 aromatic carbocycles. The predicted molar refractivity (Wildman–Crippen MR) is 96.3 cm³/mol. The number of nitrogens with zero attached hydrogens (tertiary/aromatic N) is 2. The quantitative estimate of drug-likeness (QED) is 0.801. The van der Waals surface area contributed by atoms with E-state index in [-0.39, 0.29) is 23.6 Å². The number of benzene rings is 2. The minimum Gasteiger partial charge on any atom is -0.337 e. The average Bonchev–Trinajstić information content (AvgIpc) is 3.20. The molecule has 0 aromatic heterocycles. The summed E-state index contributed by atoms with van der Waals surface area (Å²) in [5.74, 6) is 0.0661. The molecule has 0 saturated carbocycles. The van der Waals surface area contributed by atoms with Crippen LogP contribution in [-0.4, -0.2) is 35.8 Å². The lowest BCUT2D eigenvalue weighted by Crippen LogP contribution is -2.21. The second-order valence-electron chi connectivity index (χ2n) is 7.46. The lowest BCUT2D eigenvalue weighted by Gasteiger charge is -2.19. The molecule has 0 bridgehead atoms. The molecule has 1 saturated heterocycles. The highest BCUT2D eigenvalue weighted by atomic mass is 19.4. The monoisotopic (exact) mass is 374 g/mol. The molecule has 1 amide bonds. The zero-order chi connectivity index (χ0) is 19.2. The summed E-state index contributed by atoms with van der Waals surface area (Å²) < 4.78 is 40.6. The summed E-state index contributed by atoms with van der Waals surface area (Å²) >= 11 is 0. The molecular weight excluding hydrogens is 353 g/mol. The lowest BCUT2D eigenvalue weighted by molar-refractivity contribution is -0.138. The number of rotatable bonds is 3. The Hall–Kier alpha value is -2.34. The van der Waals surface area contributed by atoms with Crippen molar-refractivity contribution in [3.05, 3.63) is 70.3 Å². The average molecular weight is 374 g/mol. The van der Waals surface area contributed by atoms with Crippen LogP contribution >= 0.6 is 0 Å². The predicted octanol–water partition coefficient (Wildman–Crippen LogP) is 4.28. The van der Waals surface area contributed by atoms with E-state index in [1.54, 1.807) is 6.07 Å². The molecule has 6 heteroatoms. The van der Waals surface area contributed by atoms with Crippen molar-refractivity contribution in [2.45, 2.75) is 31.6 Å². The van der Waals surface area contributed by atoms with Crippen LogP contribution in [0.15, 0.2) is 42.5 Å². The Morgan fingerprint density at radius 3 is 2.59 bits per heavy atom. The number of alkyl halides is 3. The molecule has 2 aliphatic rings. The van der Waals surface area contributed by atoms with Gasteiger partial charge in [-0.2, -0.15) is 13.2 Å². The van der Waals surface area contributed by atoms with Crippen molar-refractivity contribution in [2.24, 2.45) is 0 Å². The van der Waals surface area contributed by atoms with Gasteiger partial charge in [0.2, 0.25) is 0 Å². The van der Waals surface area contributed by atoms with Gasteiger partial charge in [-0.25, -0.2) is 0 Å². The van der Waals surface area contributed by atoms with Crippen LogP contribution in [0.25, 0.3) is 0 Å². The van der Waals surface area contributed by atoms with Crippen molar-refractivity contribution < 1.29 is 18.0 Å². The van der Waals surface area contributed by atoms with Gasteiger partial charge >= 0.3 is 6.18 Å². The molecule has 0 radical (unpaired) electrons. The molecule has 142 valence electrons. The van der Waals surface area contributed by atoms with E-state index < -0.39 is 11.7 Å². The molecule has 0 spiro atoms. The van der Waals surface area contributed by atoms with Crippen molar-refractivity contribution in [1.82, 2.24) is 9.80 Å². The van der Waals surface area contributed by atoms with E-state index in [0.717, 1.165) is 19.5 Å². The summed E-state index contributed by atoms with van der Waals surface area (Å²) in [4.78, 5) is 15.8. The first-order valence-electron chi connectivity index (χ1n) is 9.08. The Kier molecular flexibility index (Phi) is 4.46. The molecule has 2 heterocycles. The molecule has 4 rings (SSSR count). The Balaban J connectivity index is 1.58. The number of likely N-dealkylation sites (tertiary alicyclic amines) is 1. The number of hydrogen-bond acceptors (Lipinski definition) is 2. The second-order valence-corrected chi connectivity index (χ2v) is 7.46. The number of amides is 1. The first-order chi connectivity index (χ1) is 12.8. The van der Waals surface area contributed by atoms with Gasteiger partial charge in [0, 0.05) is 32.2 Å². The molecule has 1 fully saturated rings. The van der Waals surface area contributed by atoms with Crippen LogP contribution in [0.2, 0.25) is 0 Å². The van der Waals surface area contributed by atoms with E-state index in [1.165, 1.54) is 23.6 Å². The van der Waals surface area contributed by atoms with Gasteiger partial charge in [-0.1, -0.05) is 30.3 Å². The van der Waals surface area contributed by atoms with Crippen molar-refractivity contribution >= 4 is 5.91 Å². The Labute approximate surface area is 156 Å². The largest absolute Gasteiger partial charge is 0.416 e. The summed E-state index contributed by atoms with van der Waals surface area (Å²) in [6.07, 6.45) is -3.47. The van der Waals surface area contributed by atoms with Gasteiger partial charge in [-0.05, 0) is 47.7 Å². The fourth-order valence-electron chi connectivity index (χ4n) is 4.18. The maximum atomic E-state index is 13.5. The maximum Gasteiger partial charge on any atom is 0.416 e. The van der Waals surface area contributed by atoms with Crippen LogP contribution in [0.3, 0.4) is 0 Å². The van der Waals surface area contributed by atoms with Gasteiger partial charge in [0.15, 0.2) is 0 Å². The van der Waals surface area contributed by atoms with Crippen LogP contribution in [0.4, 0.5) is 13.2 Å². The van der Waals surface area contributed by atoms with E-state index in [1.807, 2.05) is 18.2 Å². The topological polar surface area (TPSA) is 23.6 Å². The first kappa shape index (κ1) is 18.0. The zero-order valence-corrected chi connectivity index (χ0v) is 15.1. The lowest BCUT2D eigenvalue weighted by atomic mass is 9.98. The van der Waals surface area contributed by atoms with Crippen LogP contribution in [-0.2, 0) is 19.3 Å². The number of halogens is 3. The Morgan fingerprint density at radius 2 is 1.89 bits per heavy atom. The number of carbonyl (C=O) groups excluding carboxylic acids is 1. The number of fused-ring (bicyclic) bond motifs is 1. The van der Waals surface area contributed by atoms with Gasteiger partial charge in [-0.15, -0.1) is 0 Å². The third kappa shape index (κ3) is 3.46. The summed E-state index contributed by atoms with van der Waals surface area (Å²) in [6, 6.07) is 13.1. The minimum atomic E-state index is -4.46. The van der Waals surface area contributed by atoms with E-state index in [9.17, 15) is 18.0 Å². The summed E-state index contributed by atoms with van der Waals surface area (Å²) in [6.45, 7) is 2.10. The van der Waals surface area contributed by atoms with Crippen LogP contribution < -0.4 is 0 Å². The van der Waals surface area contributed by atoms with E-state index in [4.69, 9.17) is 0 Å². The van der Waals surface area contributed by atoms with Crippen molar-refractivity contribution in [3.8, 4) is 0 Å². The normalized spacial score (nSPS) is 20.4. The summed E-state index contributed by atoms with van der Waals surface area (Å²) in [5.41, 5.74) is 1.44. The van der Waals surface area contributed by atoms with Gasteiger partial charge in [-0.3, -0.25) is 9.69 Å². The third-order valence-electron chi connectivity index (χ3n) is 5.54. The fraction of sp³-hybridized carbons (Fsp3) is 0.381. The molecule has 0 aliphatic carbocycles. The van der Waals surface area contributed by atoms with Crippen LogP contribution in [0, 0.1) is 0 Å². The zero-order valence-electron chi connectivity index (χ0n) is 15.1. The smallest absolute Gasteiger partial charge is 0.337 e. The van der Waals surface area contributed by atoms with Crippen LogP contribution in [0.1, 0.15) is 45.0 Å². The molecule has 0 N–H and O–H groups in total. The summed E-state index contributed by atoms with van der Waals surface area (Å²) in [5, 5.41) is 0.